The van der Waals surface area contributed by atoms with E-state index in [0.29, 0.717) is 19.6 Å². The standard InChI is InChI=1S/C22H21O2S2.C20H17S.C19H13OS.C19H15S.C18H13O2S2/c1-22(2,3)16-12-14-17(15-13-16)25-18-8-4-6-10-20(18)26(23,24)21-11-7-5-9-19(21)25;1-15-10-12-18(13-11-15)21-19-8-4-2-6-16(19)14-17-7-3-5-9-20(17)21;20-19-15-10-4-6-12-17(15)21(14-8-2-1-3-9-14)18-13-7-5-11-16(18)19;1-2-10-17(11-3-1)20-18-12-6-4-8-15(18)14-16-9-5-7-13-19(16)20;19-22(20)17-12-6-4-10-15(17)21(14-8-2-1-3-9-14)16-11-5-7-13-18(16)22/h4-15H,1-3H3;2-13H,14H2,1H3;1-13H;1-13H,14H2;1-13H/q5*+1. The van der Waals surface area contributed by atoms with Crippen molar-refractivity contribution in [3.63, 3.8) is 0 Å². The molecule has 0 unspecified atom stereocenters. The van der Waals surface area contributed by atoms with Crippen molar-refractivity contribution >= 4 is 93.9 Å². The van der Waals surface area contributed by atoms with E-state index in [4.69, 9.17) is 0 Å². The van der Waals surface area contributed by atoms with Gasteiger partial charge in [0.1, 0.15) is 41.4 Å². The summed E-state index contributed by atoms with van der Waals surface area (Å²) in [5.41, 5.74) is 8.71. The summed E-state index contributed by atoms with van der Waals surface area (Å²) in [6.45, 7) is 8.74. The molecule has 4 aliphatic rings. The molecular weight excluding hydrogens is 1480 g/mol. The topological polar surface area (TPSA) is 85.3 Å². The first-order chi connectivity index (χ1) is 53.6. The van der Waals surface area contributed by atoms with Crippen LogP contribution in [0.15, 0.2) is 465 Å². The molecule has 0 aliphatic carbocycles. The van der Waals surface area contributed by atoms with E-state index >= 15 is 0 Å². The highest BCUT2D eigenvalue weighted by molar-refractivity contribution is 8.01. The second-order valence-corrected chi connectivity index (χ2v) is 41.5. The van der Waals surface area contributed by atoms with Crippen LogP contribution < -0.4 is 5.43 Å². The molecular formula is C98H79O5S7+5. The zero-order chi connectivity index (χ0) is 75.5. The Hall–Kier alpha value is -10.5. The highest BCUT2D eigenvalue weighted by Crippen LogP contribution is 2.49. The Bertz CT molecular complexity index is 6100. The van der Waals surface area contributed by atoms with E-state index in [-0.39, 0.29) is 54.0 Å². The Morgan fingerprint density at radius 3 is 0.827 bits per heavy atom. The van der Waals surface area contributed by atoms with Crippen molar-refractivity contribution in [2.45, 2.75) is 124 Å². The molecule has 0 radical (unpaired) electrons. The summed E-state index contributed by atoms with van der Waals surface area (Å²) in [6.07, 6.45) is 2.12. The third-order valence-corrected chi connectivity index (χ3v) is 35.9. The summed E-state index contributed by atoms with van der Waals surface area (Å²) in [5, 5.41) is 1.67. The molecule has 0 bridgehead atoms. The number of hydrogen-bond acceptors (Lipinski definition) is 5. The average Bonchev–Trinajstić information content (AvgIpc) is 0.738. The van der Waals surface area contributed by atoms with Gasteiger partial charge in [0.25, 0.3) is 0 Å². The lowest BCUT2D eigenvalue weighted by Crippen LogP contribution is -2.20. The second-order valence-electron chi connectivity index (χ2n) is 28.0. The molecule has 0 saturated carbocycles. The van der Waals surface area contributed by atoms with E-state index in [2.05, 4.69) is 252 Å². The van der Waals surface area contributed by atoms with Crippen LogP contribution in [0.4, 0.5) is 0 Å². The lowest BCUT2D eigenvalue weighted by molar-refractivity contribution is 0.588. The van der Waals surface area contributed by atoms with Gasteiger partial charge in [-0.25, -0.2) is 16.8 Å². The lowest BCUT2D eigenvalue weighted by atomic mass is 9.87. The fourth-order valence-electron chi connectivity index (χ4n) is 14.5. The summed E-state index contributed by atoms with van der Waals surface area (Å²) >= 11 is 0. The van der Waals surface area contributed by atoms with Gasteiger partial charge in [-0.05, 0) is 176 Å². The van der Waals surface area contributed by atoms with Gasteiger partial charge in [0.05, 0.1) is 32.6 Å². The van der Waals surface area contributed by atoms with Crippen molar-refractivity contribution in [3.05, 3.63) is 426 Å². The van der Waals surface area contributed by atoms with E-state index in [1.807, 2.05) is 109 Å². The Morgan fingerprint density at radius 2 is 0.500 bits per heavy atom. The molecule has 20 rings (SSSR count). The maximum atomic E-state index is 13.1. The monoisotopic (exact) mass is 1560 g/mol. The van der Waals surface area contributed by atoms with Crippen LogP contribution in [0.25, 0.3) is 25.1 Å². The number of aryl methyl sites for hydroxylation is 1. The fourth-order valence-corrected chi connectivity index (χ4v) is 31.1. The number of fused-ring (bicyclic) bond motifs is 10. The van der Waals surface area contributed by atoms with Crippen molar-refractivity contribution in [1.82, 2.24) is 0 Å². The molecule has 5 heterocycles. The molecule has 0 atom stereocenters. The summed E-state index contributed by atoms with van der Waals surface area (Å²) in [4.78, 5) is 30.3. The first-order valence-corrected chi connectivity index (χ1v) is 45.7. The number of hydrogen-bond donors (Lipinski definition) is 0. The number of rotatable bonds is 5. The SMILES string of the molecule is CC(C)(C)c1ccc([S+]2c3ccccc3S(=O)(=O)c3ccccc32)cc1.Cc1ccc([S+]2c3ccccc3Cc3ccccc32)cc1.O=S1(=O)c2ccccc2[S+](c2ccccc2)c2ccccc21.O=c1c2ccccc2[s+](-c2ccccc2)c2ccccc12.c1ccc([S+]2c3ccccc3Cc3ccccc32)cc1. The minimum Gasteiger partial charge on any atom is -0.288 e. The van der Waals surface area contributed by atoms with Gasteiger partial charge in [0, 0.05) is 45.6 Å². The van der Waals surface area contributed by atoms with Crippen LogP contribution >= 0.6 is 10.5 Å². The number of benzene rings is 15. The molecule has 110 heavy (non-hydrogen) atoms. The molecule has 0 spiro atoms. The molecule has 538 valence electrons. The predicted molar refractivity (Wildman–Crippen MR) is 457 cm³/mol. The van der Waals surface area contributed by atoms with Gasteiger partial charge in [0.2, 0.25) is 25.1 Å². The third-order valence-electron chi connectivity index (χ3n) is 19.8. The summed E-state index contributed by atoms with van der Waals surface area (Å²) < 4.78 is 54.1. The van der Waals surface area contributed by atoms with Crippen molar-refractivity contribution < 1.29 is 16.8 Å². The largest absolute Gasteiger partial charge is 0.288 e. The highest BCUT2D eigenvalue weighted by Gasteiger charge is 2.47. The van der Waals surface area contributed by atoms with Crippen LogP contribution in [0, 0.1) is 6.92 Å². The van der Waals surface area contributed by atoms with Gasteiger partial charge < -0.3 is 0 Å². The maximum Gasteiger partial charge on any atom is 0.216 e. The molecule has 12 heteroatoms. The summed E-state index contributed by atoms with van der Waals surface area (Å²) in [5.74, 6) is 0. The minimum atomic E-state index is -3.47. The van der Waals surface area contributed by atoms with E-state index < -0.39 is 30.6 Å². The molecule has 16 aromatic rings. The zero-order valence-corrected chi connectivity index (χ0v) is 66.9. The average molecular weight is 1560 g/mol. The van der Waals surface area contributed by atoms with Gasteiger partial charge in [-0.3, -0.25) is 4.79 Å². The Kier molecular flexibility index (Phi) is 21.3. The maximum absolute atomic E-state index is 13.1. The van der Waals surface area contributed by atoms with Gasteiger partial charge in [-0.2, -0.15) is 0 Å². The quantitative estimate of drug-likeness (QED) is 0.127. The molecule has 4 aliphatic heterocycles. The van der Waals surface area contributed by atoms with Crippen LogP contribution in [-0.2, 0) is 81.5 Å². The molecule has 1 aromatic heterocycles. The van der Waals surface area contributed by atoms with Gasteiger partial charge >= 0.3 is 0 Å². The molecule has 0 saturated heterocycles. The third kappa shape index (κ3) is 14.6. The van der Waals surface area contributed by atoms with Crippen molar-refractivity contribution in [1.29, 1.82) is 0 Å². The Balaban J connectivity index is 0.000000105. The minimum absolute atomic E-state index is 0.0338. The van der Waals surface area contributed by atoms with E-state index in [9.17, 15) is 21.6 Å². The first-order valence-electron chi connectivity index (χ1n) is 36.6. The zero-order valence-electron chi connectivity index (χ0n) is 61.2. The second kappa shape index (κ2) is 31.8. The Labute approximate surface area is 659 Å². The normalized spacial score (nSPS) is 14.1. The van der Waals surface area contributed by atoms with Crippen LogP contribution in [0.5, 0.6) is 0 Å². The summed E-state index contributed by atoms with van der Waals surface area (Å²) in [7, 11) is -7.83. The van der Waals surface area contributed by atoms with Crippen molar-refractivity contribution in [3.8, 4) is 4.90 Å². The van der Waals surface area contributed by atoms with Gasteiger partial charge in [-0.15, -0.1) is 0 Å². The van der Waals surface area contributed by atoms with E-state index in [0.717, 1.165) is 62.4 Å². The van der Waals surface area contributed by atoms with Crippen molar-refractivity contribution in [2.75, 3.05) is 0 Å². The molecule has 15 aromatic carbocycles. The Morgan fingerprint density at radius 1 is 0.255 bits per heavy atom. The van der Waals surface area contributed by atoms with Crippen molar-refractivity contribution in [2.24, 2.45) is 0 Å². The first kappa shape index (κ1) is 73.6. The molecule has 0 fully saturated rings. The van der Waals surface area contributed by atoms with Gasteiger partial charge in [-0.1, -0.05) is 251 Å². The molecule has 0 N–H and O–H groups in total. The van der Waals surface area contributed by atoms with Crippen LogP contribution in [0.3, 0.4) is 0 Å². The number of sulfone groups is 2. The summed E-state index contributed by atoms with van der Waals surface area (Å²) in [6, 6.07) is 130. The van der Waals surface area contributed by atoms with Crippen LogP contribution in [0.2, 0.25) is 0 Å². The van der Waals surface area contributed by atoms with E-state index in [1.165, 1.54) is 67.6 Å². The van der Waals surface area contributed by atoms with Gasteiger partial charge in [0.15, 0.2) is 73.0 Å². The molecule has 0 amide bonds. The van der Waals surface area contributed by atoms with Crippen LogP contribution in [-0.4, -0.2) is 16.8 Å². The van der Waals surface area contributed by atoms with E-state index in [1.54, 1.807) is 48.5 Å². The van der Waals surface area contributed by atoms with Crippen LogP contribution in [0.1, 0.15) is 54.2 Å². The fraction of sp³-hybridized carbons (Fsp3) is 0.0714. The smallest absolute Gasteiger partial charge is 0.216 e. The highest BCUT2D eigenvalue weighted by atomic mass is 32.2. The lowest BCUT2D eigenvalue weighted by Gasteiger charge is -2.21. The predicted octanol–water partition coefficient (Wildman–Crippen LogP) is 23.9. The molecule has 5 nitrogen and oxygen atoms in total.